The summed E-state index contributed by atoms with van der Waals surface area (Å²) < 4.78 is 5.53. The van der Waals surface area contributed by atoms with Gasteiger partial charge in [0.1, 0.15) is 0 Å². The van der Waals surface area contributed by atoms with Crippen molar-refractivity contribution in [2.24, 2.45) is 10.7 Å². The largest absolute Gasteiger partial charge is 0.379 e. The van der Waals surface area contributed by atoms with Crippen LogP contribution < -0.4 is 11.1 Å². The van der Waals surface area contributed by atoms with E-state index in [4.69, 9.17) is 15.5 Å². The molecule has 1 aromatic carbocycles. The Morgan fingerprint density at radius 3 is 2.89 bits per heavy atom. The molecule has 2 aliphatic heterocycles. The maximum Gasteiger partial charge on any atom is 0.188 e. The van der Waals surface area contributed by atoms with Gasteiger partial charge in [0.15, 0.2) is 5.96 Å². The number of ether oxygens (including phenoxy) is 1. The van der Waals surface area contributed by atoms with Gasteiger partial charge in [-0.05, 0) is 38.4 Å². The normalized spacial score (nSPS) is 23.5. The summed E-state index contributed by atoms with van der Waals surface area (Å²) in [5.74, 6) is 0.559. The maximum absolute atomic E-state index is 6.20. The number of rotatable bonds is 7. The van der Waals surface area contributed by atoms with E-state index in [9.17, 15) is 0 Å². The molecule has 1 aromatic rings. The molecule has 0 aromatic heterocycles. The fourth-order valence-corrected chi connectivity index (χ4v) is 4.20. The summed E-state index contributed by atoms with van der Waals surface area (Å²) in [5.41, 5.74) is 8.79. The highest BCUT2D eigenvalue weighted by Gasteiger charge is 2.24. The topological polar surface area (TPSA) is 66.1 Å². The van der Waals surface area contributed by atoms with Gasteiger partial charge in [-0.25, -0.2) is 0 Å². The van der Waals surface area contributed by atoms with Crippen LogP contribution in [0.1, 0.15) is 36.9 Å². The highest BCUT2D eigenvalue weighted by atomic mass is 16.5. The Labute approximate surface area is 163 Å². The number of nitrogens with two attached hydrogens (primary N) is 1. The zero-order chi connectivity index (χ0) is 19.1. The number of aryl methyl sites for hydroxylation is 1. The summed E-state index contributed by atoms with van der Waals surface area (Å²) in [6.45, 7) is 11.7. The number of nitrogens with one attached hydrogen (secondary N) is 1. The first-order valence-corrected chi connectivity index (χ1v) is 10.3. The second kappa shape index (κ2) is 10.1. The minimum atomic E-state index is 0.243. The SMILES string of the molecule is CCN1CCCC1CNC(N)=NCC(c1cccc(C)c1)N1CCOCC1. The molecule has 6 heteroatoms. The van der Waals surface area contributed by atoms with E-state index in [2.05, 4.69) is 53.2 Å². The van der Waals surface area contributed by atoms with Gasteiger partial charge in [-0.15, -0.1) is 0 Å². The Morgan fingerprint density at radius 1 is 1.33 bits per heavy atom. The molecule has 2 fully saturated rings. The van der Waals surface area contributed by atoms with Crippen LogP contribution in [0.4, 0.5) is 0 Å². The molecule has 3 rings (SSSR count). The number of morpholine rings is 1. The number of hydrogen-bond acceptors (Lipinski definition) is 4. The molecule has 2 aliphatic rings. The van der Waals surface area contributed by atoms with E-state index in [1.165, 1.54) is 30.5 Å². The van der Waals surface area contributed by atoms with Gasteiger partial charge in [0, 0.05) is 25.7 Å². The van der Waals surface area contributed by atoms with Crippen molar-refractivity contribution in [1.82, 2.24) is 15.1 Å². The van der Waals surface area contributed by atoms with Crippen molar-refractivity contribution in [3.8, 4) is 0 Å². The highest BCUT2D eigenvalue weighted by molar-refractivity contribution is 5.77. The van der Waals surface area contributed by atoms with Crippen molar-refractivity contribution < 1.29 is 4.74 Å². The van der Waals surface area contributed by atoms with Crippen LogP contribution in [0.15, 0.2) is 29.3 Å². The van der Waals surface area contributed by atoms with Gasteiger partial charge in [0.05, 0.1) is 25.8 Å². The van der Waals surface area contributed by atoms with E-state index in [0.717, 1.165) is 39.4 Å². The van der Waals surface area contributed by atoms with Crippen LogP contribution in [-0.2, 0) is 4.74 Å². The molecular formula is C21H35N5O. The van der Waals surface area contributed by atoms with Gasteiger partial charge in [-0.1, -0.05) is 36.8 Å². The molecule has 0 amide bonds. The lowest BCUT2D eigenvalue weighted by atomic mass is 10.0. The molecule has 0 radical (unpaired) electrons. The summed E-state index contributed by atoms with van der Waals surface area (Å²) in [6.07, 6.45) is 2.53. The molecule has 0 bridgehead atoms. The van der Waals surface area contributed by atoms with Crippen LogP contribution in [0.5, 0.6) is 0 Å². The smallest absolute Gasteiger partial charge is 0.188 e. The molecule has 3 N–H and O–H groups in total. The zero-order valence-electron chi connectivity index (χ0n) is 16.9. The standard InChI is InChI=1S/C21H35N5O/c1-3-25-9-5-8-19(25)15-23-21(22)24-16-20(26-10-12-27-13-11-26)18-7-4-6-17(2)14-18/h4,6-7,14,19-20H,3,5,8-13,15-16H2,1-2H3,(H3,22,23,24). The van der Waals surface area contributed by atoms with Gasteiger partial charge >= 0.3 is 0 Å². The van der Waals surface area contributed by atoms with Gasteiger partial charge in [-0.2, -0.15) is 0 Å². The third-order valence-electron chi connectivity index (χ3n) is 5.77. The molecule has 0 spiro atoms. The summed E-state index contributed by atoms with van der Waals surface area (Å²) in [6, 6.07) is 9.55. The van der Waals surface area contributed by atoms with Crippen LogP contribution in [0.2, 0.25) is 0 Å². The van der Waals surface area contributed by atoms with Crippen LogP contribution in [0, 0.1) is 6.92 Å². The van der Waals surface area contributed by atoms with Gasteiger partial charge in [0.2, 0.25) is 0 Å². The molecule has 2 heterocycles. The van der Waals surface area contributed by atoms with Crippen LogP contribution in [0.3, 0.4) is 0 Å². The van der Waals surface area contributed by atoms with Crippen molar-refractivity contribution >= 4 is 5.96 Å². The minimum Gasteiger partial charge on any atom is -0.379 e. The molecule has 2 unspecified atom stereocenters. The first-order valence-electron chi connectivity index (χ1n) is 10.3. The molecule has 0 aliphatic carbocycles. The molecule has 0 saturated carbocycles. The summed E-state index contributed by atoms with van der Waals surface area (Å²) >= 11 is 0. The summed E-state index contributed by atoms with van der Waals surface area (Å²) in [7, 11) is 0. The number of aliphatic imine (C=N–C) groups is 1. The van der Waals surface area contributed by atoms with Crippen LogP contribution >= 0.6 is 0 Å². The summed E-state index contributed by atoms with van der Waals surface area (Å²) in [4.78, 5) is 9.68. The van der Waals surface area contributed by atoms with Crippen LogP contribution in [0.25, 0.3) is 0 Å². The van der Waals surface area contributed by atoms with Crippen molar-refractivity contribution in [3.05, 3.63) is 35.4 Å². The average Bonchev–Trinajstić information content (AvgIpc) is 3.15. The quantitative estimate of drug-likeness (QED) is 0.563. The van der Waals surface area contributed by atoms with Gasteiger partial charge < -0.3 is 15.8 Å². The third-order valence-corrected chi connectivity index (χ3v) is 5.77. The monoisotopic (exact) mass is 373 g/mol. The molecule has 2 saturated heterocycles. The molecule has 2 atom stereocenters. The predicted octanol–water partition coefficient (Wildman–Crippen LogP) is 1.76. The Hall–Kier alpha value is -1.63. The number of benzene rings is 1. The lowest BCUT2D eigenvalue weighted by molar-refractivity contribution is 0.0179. The van der Waals surface area contributed by atoms with Gasteiger partial charge in [0.25, 0.3) is 0 Å². The number of guanidine groups is 1. The fourth-order valence-electron chi connectivity index (χ4n) is 4.20. The molecule has 27 heavy (non-hydrogen) atoms. The highest BCUT2D eigenvalue weighted by Crippen LogP contribution is 2.23. The van der Waals surface area contributed by atoms with E-state index in [0.29, 0.717) is 18.5 Å². The van der Waals surface area contributed by atoms with E-state index in [1.807, 2.05) is 0 Å². The lowest BCUT2D eigenvalue weighted by Gasteiger charge is -2.34. The average molecular weight is 374 g/mol. The Balaban J connectivity index is 1.61. The van der Waals surface area contributed by atoms with E-state index < -0.39 is 0 Å². The second-order valence-corrected chi connectivity index (χ2v) is 7.61. The fraction of sp³-hybridized carbons (Fsp3) is 0.667. The maximum atomic E-state index is 6.20. The molecule has 150 valence electrons. The van der Waals surface area contributed by atoms with Crippen molar-refractivity contribution in [3.63, 3.8) is 0 Å². The summed E-state index contributed by atoms with van der Waals surface area (Å²) in [5, 5.41) is 3.35. The van der Waals surface area contributed by atoms with Crippen molar-refractivity contribution in [2.45, 2.75) is 38.8 Å². The van der Waals surface area contributed by atoms with E-state index in [-0.39, 0.29) is 6.04 Å². The number of likely N-dealkylation sites (tertiary alicyclic amines) is 1. The number of hydrogen-bond donors (Lipinski definition) is 2. The molecular weight excluding hydrogens is 338 g/mol. The second-order valence-electron chi connectivity index (χ2n) is 7.61. The number of likely N-dealkylation sites (N-methyl/N-ethyl adjacent to an activating group) is 1. The van der Waals surface area contributed by atoms with Crippen molar-refractivity contribution in [1.29, 1.82) is 0 Å². The third kappa shape index (κ3) is 5.67. The predicted molar refractivity (Wildman–Crippen MR) is 111 cm³/mol. The van der Waals surface area contributed by atoms with Crippen LogP contribution in [-0.4, -0.2) is 74.3 Å². The Morgan fingerprint density at radius 2 is 2.15 bits per heavy atom. The first kappa shape index (κ1) is 20.1. The Kier molecular flexibility index (Phi) is 7.50. The zero-order valence-corrected chi connectivity index (χ0v) is 16.9. The van der Waals surface area contributed by atoms with E-state index in [1.54, 1.807) is 0 Å². The van der Waals surface area contributed by atoms with Gasteiger partial charge in [-0.3, -0.25) is 14.8 Å². The first-order chi connectivity index (χ1) is 13.2. The lowest BCUT2D eigenvalue weighted by Crippen LogP contribution is -2.43. The van der Waals surface area contributed by atoms with E-state index >= 15 is 0 Å². The van der Waals surface area contributed by atoms with Crippen molar-refractivity contribution in [2.75, 3.05) is 52.5 Å². The number of nitrogens with zero attached hydrogens (tertiary/aromatic N) is 3. The Bertz CT molecular complexity index is 614. The molecule has 6 nitrogen and oxygen atoms in total. The minimum absolute atomic E-state index is 0.243.